The molecule has 0 aliphatic carbocycles. The summed E-state index contributed by atoms with van der Waals surface area (Å²) in [5.74, 6) is 0.566. The Morgan fingerprint density at radius 2 is 2.11 bits per heavy atom. The largest absolute Gasteiger partial charge is 0.236 e. The van der Waals surface area contributed by atoms with Crippen molar-refractivity contribution in [1.82, 2.24) is 14.3 Å². The van der Waals surface area contributed by atoms with Gasteiger partial charge >= 0.3 is 0 Å². The van der Waals surface area contributed by atoms with Gasteiger partial charge in [0.05, 0.1) is 18.0 Å². The molecule has 5 nitrogen and oxygen atoms in total. The summed E-state index contributed by atoms with van der Waals surface area (Å²) >= 11 is 5.91. The maximum Gasteiger partial charge on any atom is 0.211 e. The first-order valence-corrected chi connectivity index (χ1v) is 8.08. The third-order valence-corrected chi connectivity index (χ3v) is 4.53. The van der Waals surface area contributed by atoms with Crippen LogP contribution in [0.25, 0.3) is 0 Å². The van der Waals surface area contributed by atoms with E-state index in [4.69, 9.17) is 11.6 Å². The summed E-state index contributed by atoms with van der Waals surface area (Å²) in [7, 11) is -3.22. The molecule has 1 unspecified atom stereocenters. The van der Waals surface area contributed by atoms with Gasteiger partial charge in [-0.05, 0) is 25.8 Å². The second-order valence-corrected chi connectivity index (χ2v) is 6.87. The number of hydrogen-bond donors (Lipinski definition) is 0. The lowest BCUT2D eigenvalue weighted by Crippen LogP contribution is -2.38. The molecule has 7 heteroatoms. The van der Waals surface area contributed by atoms with Crippen molar-refractivity contribution in [2.24, 2.45) is 0 Å². The highest BCUT2D eigenvalue weighted by molar-refractivity contribution is 7.88. The number of piperidine rings is 1. The summed E-state index contributed by atoms with van der Waals surface area (Å²) in [4.78, 5) is 8.32. The average Bonchev–Trinajstić information content (AvgIpc) is 2.26. The minimum absolute atomic E-state index is 0.215. The molecule has 0 spiro atoms. The highest BCUT2D eigenvalue weighted by atomic mass is 35.5. The molecule has 1 atom stereocenters. The number of sulfonamides is 1. The van der Waals surface area contributed by atoms with Crippen LogP contribution in [0.5, 0.6) is 0 Å². The van der Waals surface area contributed by atoms with Gasteiger partial charge in [0.2, 0.25) is 10.0 Å². The molecule has 0 amide bonds. The first-order valence-electron chi connectivity index (χ1n) is 5.86. The van der Waals surface area contributed by atoms with Crippen LogP contribution >= 0.6 is 11.6 Å². The molecule has 0 radical (unpaired) electrons. The van der Waals surface area contributed by atoms with Crippen molar-refractivity contribution >= 4 is 21.6 Å². The Kier molecular flexibility index (Phi) is 3.89. The van der Waals surface area contributed by atoms with Crippen molar-refractivity contribution in [2.45, 2.75) is 32.2 Å². The summed E-state index contributed by atoms with van der Waals surface area (Å²) in [5, 5.41) is 0.358. The quantitative estimate of drug-likeness (QED) is 0.781. The monoisotopic (exact) mass is 289 g/mol. The molecule has 1 aliphatic rings. The molecular weight excluding hydrogens is 274 g/mol. The Labute approximate surface area is 112 Å². The van der Waals surface area contributed by atoms with E-state index in [9.17, 15) is 8.42 Å². The molecule has 1 aliphatic heterocycles. The predicted octanol–water partition coefficient (Wildman–Crippen LogP) is 1.93. The first kappa shape index (κ1) is 13.7. The summed E-state index contributed by atoms with van der Waals surface area (Å²) in [6.45, 7) is 2.30. The molecule has 0 saturated carbocycles. The fourth-order valence-corrected chi connectivity index (χ4v) is 3.69. The molecule has 0 bridgehead atoms. The van der Waals surface area contributed by atoms with Crippen LogP contribution in [-0.2, 0) is 10.0 Å². The second-order valence-electron chi connectivity index (χ2n) is 4.55. The van der Waals surface area contributed by atoms with E-state index in [0.717, 1.165) is 19.3 Å². The maximum atomic E-state index is 11.8. The number of halogens is 1. The fourth-order valence-electron chi connectivity index (χ4n) is 2.32. The zero-order chi connectivity index (χ0) is 13.3. The summed E-state index contributed by atoms with van der Waals surface area (Å²) in [6, 6.07) is 1.44. The molecule has 0 N–H and O–H groups in total. The van der Waals surface area contributed by atoms with Crippen molar-refractivity contribution in [3.05, 3.63) is 22.7 Å². The van der Waals surface area contributed by atoms with Crippen LogP contribution in [0, 0.1) is 6.92 Å². The lowest BCUT2D eigenvalue weighted by atomic mass is 10.0. The van der Waals surface area contributed by atoms with Gasteiger partial charge in [-0.25, -0.2) is 18.4 Å². The highest BCUT2D eigenvalue weighted by Crippen LogP contribution is 2.32. The van der Waals surface area contributed by atoms with Crippen LogP contribution in [0.3, 0.4) is 0 Å². The number of aromatic nitrogens is 2. The minimum atomic E-state index is -3.22. The molecule has 1 saturated heterocycles. The van der Waals surface area contributed by atoms with Gasteiger partial charge in [-0.3, -0.25) is 0 Å². The van der Waals surface area contributed by atoms with Crippen LogP contribution < -0.4 is 0 Å². The van der Waals surface area contributed by atoms with Gasteiger partial charge < -0.3 is 0 Å². The Bertz CT molecular complexity index is 527. The number of nitrogens with zero attached hydrogens (tertiary/aromatic N) is 3. The first-order chi connectivity index (χ1) is 8.38. The van der Waals surface area contributed by atoms with Crippen LogP contribution in [0.15, 0.2) is 6.07 Å². The van der Waals surface area contributed by atoms with Crippen LogP contribution in [0.4, 0.5) is 0 Å². The van der Waals surface area contributed by atoms with Gasteiger partial charge in [0.15, 0.2) is 0 Å². The van der Waals surface area contributed by atoms with E-state index in [2.05, 4.69) is 9.97 Å². The zero-order valence-electron chi connectivity index (χ0n) is 10.4. The molecule has 1 fully saturated rings. The van der Waals surface area contributed by atoms with E-state index in [1.807, 2.05) is 0 Å². The van der Waals surface area contributed by atoms with E-state index in [1.165, 1.54) is 10.6 Å². The standard InChI is InChI=1S/C11H16ClN3O2S/c1-8-13-9(7-11(12)14-8)10-5-3-4-6-15(10)18(2,16)17/h7,10H,3-6H2,1-2H3. The molecule has 18 heavy (non-hydrogen) atoms. The van der Waals surface area contributed by atoms with E-state index in [-0.39, 0.29) is 6.04 Å². The predicted molar refractivity (Wildman–Crippen MR) is 69.9 cm³/mol. The summed E-state index contributed by atoms with van der Waals surface area (Å²) in [5.41, 5.74) is 0.692. The Morgan fingerprint density at radius 1 is 1.39 bits per heavy atom. The molecule has 100 valence electrons. The molecular formula is C11H16ClN3O2S. The molecule has 1 aromatic rings. The average molecular weight is 290 g/mol. The van der Waals surface area contributed by atoms with Gasteiger partial charge in [0.25, 0.3) is 0 Å². The summed E-state index contributed by atoms with van der Waals surface area (Å²) < 4.78 is 25.1. The smallest absolute Gasteiger partial charge is 0.211 e. The lowest BCUT2D eigenvalue weighted by Gasteiger charge is -2.33. The van der Waals surface area contributed by atoms with Crippen LogP contribution in [-0.4, -0.2) is 35.5 Å². The highest BCUT2D eigenvalue weighted by Gasteiger charge is 2.31. The molecule has 0 aromatic carbocycles. The number of rotatable bonds is 2. The van der Waals surface area contributed by atoms with Crippen molar-refractivity contribution in [3.63, 3.8) is 0 Å². The third kappa shape index (κ3) is 2.99. The topological polar surface area (TPSA) is 63.2 Å². The van der Waals surface area contributed by atoms with Gasteiger partial charge in [0.1, 0.15) is 11.0 Å². The van der Waals surface area contributed by atoms with Crippen molar-refractivity contribution in [1.29, 1.82) is 0 Å². The SMILES string of the molecule is Cc1nc(Cl)cc(C2CCCCN2S(C)(=O)=O)n1. The van der Waals surface area contributed by atoms with Gasteiger partial charge in [0, 0.05) is 6.54 Å². The number of aryl methyl sites for hydroxylation is 1. The molecule has 2 heterocycles. The van der Waals surface area contributed by atoms with E-state index < -0.39 is 10.0 Å². The van der Waals surface area contributed by atoms with E-state index >= 15 is 0 Å². The van der Waals surface area contributed by atoms with Crippen molar-refractivity contribution in [3.8, 4) is 0 Å². The second kappa shape index (κ2) is 5.11. The Morgan fingerprint density at radius 3 is 2.72 bits per heavy atom. The van der Waals surface area contributed by atoms with Crippen molar-refractivity contribution < 1.29 is 8.42 Å². The Hall–Kier alpha value is -0.720. The van der Waals surface area contributed by atoms with E-state index in [1.54, 1.807) is 13.0 Å². The summed E-state index contributed by atoms with van der Waals surface area (Å²) in [6.07, 6.45) is 3.90. The van der Waals surface area contributed by atoms with Crippen molar-refractivity contribution in [2.75, 3.05) is 12.8 Å². The Balaban J connectivity index is 2.40. The minimum Gasteiger partial charge on any atom is -0.236 e. The normalized spacial score (nSPS) is 22.1. The van der Waals surface area contributed by atoms with E-state index in [0.29, 0.717) is 23.2 Å². The maximum absolute atomic E-state index is 11.8. The van der Waals surface area contributed by atoms with Crippen LogP contribution in [0.1, 0.15) is 36.8 Å². The zero-order valence-corrected chi connectivity index (χ0v) is 12.0. The van der Waals surface area contributed by atoms with Gasteiger partial charge in [-0.2, -0.15) is 4.31 Å². The number of hydrogen-bond acceptors (Lipinski definition) is 4. The van der Waals surface area contributed by atoms with Crippen LogP contribution in [0.2, 0.25) is 5.15 Å². The fraction of sp³-hybridized carbons (Fsp3) is 0.636. The molecule has 2 rings (SSSR count). The van der Waals surface area contributed by atoms with Gasteiger partial charge in [-0.15, -0.1) is 0 Å². The molecule has 1 aromatic heterocycles. The third-order valence-electron chi connectivity index (χ3n) is 3.05. The lowest BCUT2D eigenvalue weighted by molar-refractivity contribution is 0.252. The van der Waals surface area contributed by atoms with Gasteiger partial charge in [-0.1, -0.05) is 18.0 Å².